The molecule has 1 aliphatic rings. The molecule has 1 fully saturated rings. The molecule has 2 heterocycles. The van der Waals surface area contributed by atoms with Gasteiger partial charge in [-0.2, -0.15) is 4.98 Å². The van der Waals surface area contributed by atoms with E-state index in [-0.39, 0.29) is 12.5 Å². The highest BCUT2D eigenvalue weighted by molar-refractivity contribution is 7.20. The van der Waals surface area contributed by atoms with Gasteiger partial charge in [-0.15, -0.1) is 11.3 Å². The van der Waals surface area contributed by atoms with Gasteiger partial charge in [0.15, 0.2) is 5.82 Å². The summed E-state index contributed by atoms with van der Waals surface area (Å²) >= 11 is 1.35. The Hall–Kier alpha value is -2.55. The van der Waals surface area contributed by atoms with Crippen LogP contribution in [0.3, 0.4) is 0 Å². The number of nitrogens with one attached hydrogen (secondary N) is 1. The fourth-order valence-corrected chi connectivity index (χ4v) is 5.67. The number of nitrogens with zero attached hydrogens (tertiary/aromatic N) is 3. The topological polar surface area (TPSA) is 76.6 Å². The standard InChI is InChI=1S/C25H32N4O3S/c1-16-21-24(32-4)27-20(15-31-3)28-25(21)33-22(16)23(30)26-19-13-9-8-10-17(19)14-29(2)18-11-6-5-7-12-18/h8-10,13,18H,5-7,11-12,14-15H2,1-4H3,(H,26,30). The van der Waals surface area contributed by atoms with Crippen molar-refractivity contribution < 1.29 is 14.3 Å². The summed E-state index contributed by atoms with van der Waals surface area (Å²) in [4.78, 5) is 26.1. The van der Waals surface area contributed by atoms with Crippen LogP contribution in [0, 0.1) is 6.92 Å². The number of rotatable bonds is 8. The van der Waals surface area contributed by atoms with Crippen LogP contribution in [0.4, 0.5) is 5.69 Å². The highest BCUT2D eigenvalue weighted by Crippen LogP contribution is 2.35. The largest absolute Gasteiger partial charge is 0.480 e. The molecule has 0 radical (unpaired) electrons. The zero-order valence-electron chi connectivity index (χ0n) is 19.8. The van der Waals surface area contributed by atoms with Crippen LogP contribution < -0.4 is 10.1 Å². The number of carbonyl (C=O) groups excluding carboxylic acids is 1. The summed E-state index contributed by atoms with van der Waals surface area (Å²) in [5.41, 5.74) is 2.79. The summed E-state index contributed by atoms with van der Waals surface area (Å²) in [6.45, 7) is 3.01. The molecule has 3 aromatic rings. The van der Waals surface area contributed by atoms with E-state index in [1.807, 2.05) is 25.1 Å². The Morgan fingerprint density at radius 3 is 2.67 bits per heavy atom. The molecule has 33 heavy (non-hydrogen) atoms. The monoisotopic (exact) mass is 468 g/mol. The first kappa shape index (κ1) is 23.6. The van der Waals surface area contributed by atoms with Crippen molar-refractivity contribution in [3.63, 3.8) is 0 Å². The smallest absolute Gasteiger partial charge is 0.266 e. The summed E-state index contributed by atoms with van der Waals surface area (Å²) in [7, 11) is 5.36. The minimum atomic E-state index is -0.140. The van der Waals surface area contributed by atoms with Crippen LogP contribution in [0.5, 0.6) is 5.88 Å². The molecule has 0 aliphatic heterocycles. The lowest BCUT2D eigenvalue weighted by molar-refractivity contribution is 0.103. The Labute approximate surface area is 199 Å². The number of carbonyl (C=O) groups is 1. The molecule has 7 nitrogen and oxygen atoms in total. The van der Waals surface area contributed by atoms with Crippen molar-refractivity contribution in [1.29, 1.82) is 0 Å². The van der Waals surface area contributed by atoms with Crippen molar-refractivity contribution in [3.05, 3.63) is 46.1 Å². The summed E-state index contributed by atoms with van der Waals surface area (Å²) in [6.07, 6.45) is 6.45. The van der Waals surface area contributed by atoms with Gasteiger partial charge < -0.3 is 14.8 Å². The Bertz CT molecular complexity index is 1120. The molecule has 0 saturated heterocycles. The lowest BCUT2D eigenvalue weighted by Gasteiger charge is -2.31. The molecule has 8 heteroatoms. The summed E-state index contributed by atoms with van der Waals surface area (Å²) < 4.78 is 10.7. The highest BCUT2D eigenvalue weighted by atomic mass is 32.1. The second-order valence-electron chi connectivity index (χ2n) is 8.64. The maximum Gasteiger partial charge on any atom is 0.266 e. The van der Waals surface area contributed by atoms with Crippen molar-refractivity contribution in [3.8, 4) is 5.88 Å². The molecule has 4 rings (SSSR count). The molecule has 1 saturated carbocycles. The minimum Gasteiger partial charge on any atom is -0.480 e. The Kier molecular flexibility index (Phi) is 7.57. The average molecular weight is 469 g/mol. The fraction of sp³-hybridized carbons (Fsp3) is 0.480. The molecule has 0 atom stereocenters. The van der Waals surface area contributed by atoms with Crippen LogP contribution in [0.15, 0.2) is 24.3 Å². The number of methoxy groups -OCH3 is 2. The molecule has 1 N–H and O–H groups in total. The van der Waals surface area contributed by atoms with Gasteiger partial charge in [0, 0.05) is 25.4 Å². The molecule has 1 aliphatic carbocycles. The molecular formula is C25H32N4O3S. The zero-order chi connectivity index (χ0) is 23.4. The summed E-state index contributed by atoms with van der Waals surface area (Å²) in [6, 6.07) is 8.67. The van der Waals surface area contributed by atoms with Gasteiger partial charge in [0.2, 0.25) is 5.88 Å². The van der Waals surface area contributed by atoms with Crippen molar-refractivity contribution in [2.24, 2.45) is 0 Å². The second kappa shape index (κ2) is 10.6. The third-order valence-corrected chi connectivity index (χ3v) is 7.54. The maximum absolute atomic E-state index is 13.3. The molecule has 2 aromatic heterocycles. The van der Waals surface area contributed by atoms with Crippen molar-refractivity contribution in [1.82, 2.24) is 14.9 Å². The van der Waals surface area contributed by atoms with Crippen molar-refractivity contribution in [2.45, 2.75) is 58.2 Å². The van der Waals surface area contributed by atoms with Crippen LogP contribution >= 0.6 is 11.3 Å². The number of hydrogen-bond donors (Lipinski definition) is 1. The van der Waals surface area contributed by atoms with E-state index in [1.54, 1.807) is 14.2 Å². The average Bonchev–Trinajstić information content (AvgIpc) is 3.17. The van der Waals surface area contributed by atoms with E-state index in [2.05, 4.69) is 33.3 Å². The van der Waals surface area contributed by atoms with E-state index in [0.717, 1.165) is 33.6 Å². The predicted octanol–water partition coefficient (Wildman–Crippen LogP) is 5.17. The van der Waals surface area contributed by atoms with Gasteiger partial charge >= 0.3 is 0 Å². The Morgan fingerprint density at radius 2 is 1.94 bits per heavy atom. The van der Waals surface area contributed by atoms with E-state index >= 15 is 0 Å². The van der Waals surface area contributed by atoms with Crippen LogP contribution in [0.25, 0.3) is 10.2 Å². The number of amides is 1. The van der Waals surface area contributed by atoms with Crippen molar-refractivity contribution >= 4 is 33.1 Å². The minimum absolute atomic E-state index is 0.140. The SMILES string of the molecule is COCc1nc(OC)c2c(C)c(C(=O)Nc3ccccc3CN(C)C3CCCCC3)sc2n1. The third kappa shape index (κ3) is 5.18. The van der Waals surface area contributed by atoms with Gasteiger partial charge in [0.1, 0.15) is 11.4 Å². The second-order valence-corrected chi connectivity index (χ2v) is 9.64. The number of benzene rings is 1. The van der Waals surface area contributed by atoms with E-state index in [0.29, 0.717) is 22.6 Å². The summed E-state index contributed by atoms with van der Waals surface area (Å²) in [5.74, 6) is 0.860. The van der Waals surface area contributed by atoms with Gasteiger partial charge in [-0.25, -0.2) is 4.98 Å². The summed E-state index contributed by atoms with van der Waals surface area (Å²) in [5, 5.41) is 3.92. The van der Waals surface area contributed by atoms with Crippen molar-refractivity contribution in [2.75, 3.05) is 26.6 Å². The normalized spacial score (nSPS) is 14.7. The van der Waals surface area contributed by atoms with Gasteiger partial charge in [0.05, 0.1) is 17.4 Å². The number of para-hydroxylation sites is 1. The van der Waals surface area contributed by atoms with Gasteiger partial charge in [-0.05, 0) is 44.0 Å². The number of hydrogen-bond acceptors (Lipinski definition) is 7. The van der Waals surface area contributed by atoms with E-state index in [1.165, 1.54) is 43.4 Å². The number of fused-ring (bicyclic) bond motifs is 1. The van der Waals surface area contributed by atoms with E-state index in [4.69, 9.17) is 9.47 Å². The third-order valence-electron chi connectivity index (χ3n) is 6.36. The molecule has 1 aromatic carbocycles. The quantitative estimate of drug-likeness (QED) is 0.491. The van der Waals surface area contributed by atoms with Gasteiger partial charge in [0.25, 0.3) is 5.91 Å². The molecule has 0 spiro atoms. The number of aromatic nitrogens is 2. The number of anilines is 1. The Balaban J connectivity index is 1.58. The Morgan fingerprint density at radius 1 is 1.18 bits per heavy atom. The van der Waals surface area contributed by atoms with Crippen LogP contribution in [0.2, 0.25) is 0 Å². The molecule has 0 bridgehead atoms. The fourth-order valence-electron chi connectivity index (χ4n) is 4.58. The molecular weight excluding hydrogens is 436 g/mol. The highest BCUT2D eigenvalue weighted by Gasteiger charge is 2.23. The van der Waals surface area contributed by atoms with Crippen LogP contribution in [0.1, 0.15) is 58.7 Å². The first-order valence-electron chi connectivity index (χ1n) is 11.4. The maximum atomic E-state index is 13.3. The predicted molar refractivity (Wildman–Crippen MR) is 132 cm³/mol. The zero-order valence-corrected chi connectivity index (χ0v) is 20.6. The lowest BCUT2D eigenvalue weighted by Crippen LogP contribution is -2.33. The first-order chi connectivity index (χ1) is 16.0. The number of aryl methyl sites for hydroxylation is 1. The van der Waals surface area contributed by atoms with Crippen LogP contribution in [-0.4, -0.2) is 48.1 Å². The van der Waals surface area contributed by atoms with E-state index < -0.39 is 0 Å². The van der Waals surface area contributed by atoms with Gasteiger partial charge in [-0.3, -0.25) is 9.69 Å². The van der Waals surface area contributed by atoms with Gasteiger partial charge in [-0.1, -0.05) is 37.5 Å². The molecule has 1 amide bonds. The van der Waals surface area contributed by atoms with E-state index in [9.17, 15) is 4.79 Å². The first-order valence-corrected chi connectivity index (χ1v) is 12.3. The lowest BCUT2D eigenvalue weighted by atomic mass is 9.94. The van der Waals surface area contributed by atoms with Crippen LogP contribution in [-0.2, 0) is 17.9 Å². The molecule has 0 unspecified atom stereocenters. The molecule has 176 valence electrons. The number of thiophene rings is 1. The number of ether oxygens (including phenoxy) is 2.